The van der Waals surface area contributed by atoms with Crippen LogP contribution in [0.4, 0.5) is 0 Å². The molecule has 0 aromatic carbocycles. The van der Waals surface area contributed by atoms with Crippen LogP contribution in [0.15, 0.2) is 0 Å². The highest BCUT2D eigenvalue weighted by Gasteiger charge is 2.47. The lowest BCUT2D eigenvalue weighted by Crippen LogP contribution is -2.59. The summed E-state index contributed by atoms with van der Waals surface area (Å²) < 4.78 is 31.7. The zero-order valence-corrected chi connectivity index (χ0v) is 14.7. The van der Waals surface area contributed by atoms with Gasteiger partial charge >= 0.3 is 0 Å². The molecule has 11 heteroatoms. The van der Waals surface area contributed by atoms with E-state index in [0.717, 1.165) is 0 Å². The molecule has 0 aromatic rings. The molecule has 10 atom stereocenters. The maximum Gasteiger partial charge on any atom is 0.190 e. The quantitative estimate of drug-likeness (QED) is 0.669. The summed E-state index contributed by atoms with van der Waals surface area (Å²) in [6, 6.07) is 0. The highest BCUT2D eigenvalue weighted by molar-refractivity contribution is 7.10. The average molecular weight is 340 g/mol. The molecule has 1 aliphatic heterocycles. The highest BCUT2D eigenvalue weighted by Crippen LogP contribution is 2.32. The highest BCUT2D eigenvalue weighted by atomic mass is 31.0. The fraction of sp³-hybridized carbons (Fsp3) is 1.00. The van der Waals surface area contributed by atoms with Crippen molar-refractivity contribution in [2.24, 2.45) is 0 Å². The van der Waals surface area contributed by atoms with Crippen LogP contribution in [0.5, 0.6) is 0 Å². The van der Waals surface area contributed by atoms with Gasteiger partial charge in [0, 0.05) is 47.3 Å². The lowest BCUT2D eigenvalue weighted by molar-refractivity contribution is -0.251. The lowest BCUT2D eigenvalue weighted by atomic mass is 9.99. The molecule has 1 aliphatic rings. The summed E-state index contributed by atoms with van der Waals surface area (Å²) in [5.41, 5.74) is 0. The van der Waals surface area contributed by atoms with Gasteiger partial charge in [0.2, 0.25) is 0 Å². The monoisotopic (exact) mass is 340 g/mol. The first kappa shape index (κ1) is 17.0. The summed E-state index contributed by atoms with van der Waals surface area (Å²) in [5.74, 6) is 0. The molecule has 102 valence electrons. The number of rotatable bonds is 6. The summed E-state index contributed by atoms with van der Waals surface area (Å²) in [6.45, 7) is 0.336. The number of hydrogen-bond acceptors (Lipinski definition) is 6. The summed E-state index contributed by atoms with van der Waals surface area (Å²) in [5, 5.41) is 0. The Kier molecular flexibility index (Phi) is 8.94. The molecule has 0 bridgehead atoms. The van der Waals surface area contributed by atoms with Crippen molar-refractivity contribution in [2.45, 2.75) is 30.7 Å². The van der Waals surface area contributed by atoms with Gasteiger partial charge in [-0.2, -0.15) is 0 Å². The summed E-state index contributed by atoms with van der Waals surface area (Å²) in [4.78, 5) is 0. The predicted molar refractivity (Wildman–Crippen MR) is 78.9 cm³/mol. The topological polar surface area (TPSA) is 55.4 Å². The van der Waals surface area contributed by atoms with E-state index in [1.807, 2.05) is 0 Å². The van der Waals surface area contributed by atoms with Gasteiger partial charge in [0.15, 0.2) is 6.29 Å². The zero-order valence-electron chi connectivity index (χ0n) is 8.93. The van der Waals surface area contributed by atoms with Gasteiger partial charge in [0.05, 0.1) is 6.61 Å². The van der Waals surface area contributed by atoms with Crippen LogP contribution in [-0.4, -0.2) is 37.3 Å². The van der Waals surface area contributed by atoms with Crippen molar-refractivity contribution in [3.63, 3.8) is 0 Å². The first-order valence-electron chi connectivity index (χ1n) is 4.62. The standard InChI is InChI=1S/C6H17O6P5/c13-7-1-2-3(9-14)4(10-15)5(11-16)6(8-2)12-17/h2-6H,1,13-17H2/t2-,3-,4+,5-,6+/m1/s1. The smallest absolute Gasteiger partial charge is 0.190 e. The molecule has 1 rings (SSSR count). The molecule has 1 saturated heterocycles. The molecule has 0 radical (unpaired) electrons. The third-order valence-electron chi connectivity index (χ3n) is 2.46. The number of ether oxygens (including phenoxy) is 1. The summed E-state index contributed by atoms with van der Waals surface area (Å²) in [6.07, 6.45) is -2.04. The van der Waals surface area contributed by atoms with Gasteiger partial charge in [-0.25, -0.2) is 0 Å². The fourth-order valence-corrected chi connectivity index (χ4v) is 3.01. The van der Waals surface area contributed by atoms with Gasteiger partial charge in [-0.05, 0) is 0 Å². The molecule has 0 aliphatic carbocycles. The van der Waals surface area contributed by atoms with E-state index in [-0.39, 0.29) is 18.3 Å². The zero-order chi connectivity index (χ0) is 12.8. The molecule has 0 N–H and O–H groups in total. The van der Waals surface area contributed by atoms with E-state index in [9.17, 15) is 0 Å². The lowest BCUT2D eigenvalue weighted by Gasteiger charge is -2.43. The van der Waals surface area contributed by atoms with E-state index >= 15 is 0 Å². The molecule has 0 aromatic heterocycles. The van der Waals surface area contributed by atoms with Crippen molar-refractivity contribution in [1.29, 1.82) is 0 Å². The minimum absolute atomic E-state index is 0.322. The molecule has 6 nitrogen and oxygen atoms in total. The van der Waals surface area contributed by atoms with Crippen LogP contribution >= 0.6 is 47.3 Å². The van der Waals surface area contributed by atoms with E-state index < -0.39 is 12.4 Å². The van der Waals surface area contributed by atoms with Crippen molar-refractivity contribution in [3.05, 3.63) is 0 Å². The number of hydrogen-bond donors (Lipinski definition) is 0. The predicted octanol–water partition coefficient (Wildman–Crippen LogP) is 0.851. The van der Waals surface area contributed by atoms with Crippen molar-refractivity contribution in [3.8, 4) is 0 Å². The van der Waals surface area contributed by atoms with Gasteiger partial charge in [-0.3, -0.25) is 0 Å². The van der Waals surface area contributed by atoms with Crippen LogP contribution in [0, 0.1) is 0 Å². The van der Waals surface area contributed by atoms with Gasteiger partial charge in [0.1, 0.15) is 24.4 Å². The van der Waals surface area contributed by atoms with Crippen molar-refractivity contribution in [1.82, 2.24) is 0 Å². The van der Waals surface area contributed by atoms with Crippen LogP contribution in [0.25, 0.3) is 0 Å². The fourth-order valence-electron chi connectivity index (χ4n) is 1.68. The van der Waals surface area contributed by atoms with E-state index in [1.54, 1.807) is 0 Å². The Balaban J connectivity index is 2.84. The maximum atomic E-state index is 5.67. The second-order valence-electron chi connectivity index (χ2n) is 3.31. The molecule has 1 fully saturated rings. The van der Waals surface area contributed by atoms with Crippen molar-refractivity contribution >= 4 is 47.3 Å². The van der Waals surface area contributed by atoms with Crippen LogP contribution < -0.4 is 0 Å². The minimum atomic E-state index is -0.579. The Hall–Kier alpha value is 1.91. The minimum Gasteiger partial charge on any atom is -0.363 e. The molecule has 5 unspecified atom stereocenters. The largest absolute Gasteiger partial charge is 0.363 e. The third kappa shape index (κ3) is 4.19. The Morgan fingerprint density at radius 1 is 0.765 bits per heavy atom. The molecule has 0 spiro atoms. The van der Waals surface area contributed by atoms with Crippen LogP contribution in [0.2, 0.25) is 0 Å². The molecule has 0 amide bonds. The summed E-state index contributed by atoms with van der Waals surface area (Å²) in [7, 11) is 10.9. The van der Waals surface area contributed by atoms with E-state index in [2.05, 4.69) is 47.3 Å². The normalized spacial score (nSPS) is 38.3. The Labute approximate surface area is 112 Å². The van der Waals surface area contributed by atoms with Crippen LogP contribution in [-0.2, 0) is 27.4 Å². The Morgan fingerprint density at radius 2 is 1.35 bits per heavy atom. The van der Waals surface area contributed by atoms with E-state index in [4.69, 9.17) is 27.4 Å². The average Bonchev–Trinajstić information content (AvgIpc) is 2.37. The van der Waals surface area contributed by atoms with Gasteiger partial charge in [0.25, 0.3) is 0 Å². The SMILES string of the molecule is POC[C@H]1O[C@@H](OP)[C@H](OP)[C@@H](OP)[C@@H]1OP. The first-order valence-corrected chi connectivity index (χ1v) is 6.98. The maximum absolute atomic E-state index is 5.67. The second kappa shape index (κ2) is 8.96. The summed E-state index contributed by atoms with van der Waals surface area (Å²) >= 11 is 0. The molecule has 17 heavy (non-hydrogen) atoms. The second-order valence-corrected chi connectivity index (χ2v) is 4.74. The van der Waals surface area contributed by atoms with Crippen LogP contribution in [0.3, 0.4) is 0 Å². The van der Waals surface area contributed by atoms with Crippen molar-refractivity contribution in [2.75, 3.05) is 6.61 Å². The third-order valence-corrected chi connectivity index (χ3v) is 3.86. The Morgan fingerprint density at radius 3 is 1.76 bits per heavy atom. The molecule has 0 saturated carbocycles. The van der Waals surface area contributed by atoms with E-state index in [1.165, 1.54) is 0 Å². The van der Waals surface area contributed by atoms with Gasteiger partial charge in [-0.1, -0.05) is 0 Å². The van der Waals surface area contributed by atoms with Gasteiger partial charge < -0.3 is 27.4 Å². The first-order chi connectivity index (χ1) is 8.23. The molecule has 1 heterocycles. The molecular weight excluding hydrogens is 323 g/mol. The Bertz CT molecular complexity index is 223. The molecular formula is C6H17O6P5. The van der Waals surface area contributed by atoms with Gasteiger partial charge in [-0.15, -0.1) is 0 Å². The van der Waals surface area contributed by atoms with Crippen LogP contribution in [0.1, 0.15) is 0 Å². The van der Waals surface area contributed by atoms with Crippen molar-refractivity contribution < 1.29 is 27.4 Å². The van der Waals surface area contributed by atoms with E-state index in [0.29, 0.717) is 6.61 Å².